The highest BCUT2D eigenvalue weighted by Crippen LogP contribution is 2.24. The Bertz CT molecular complexity index is 502. The van der Waals surface area contributed by atoms with Crippen LogP contribution in [-0.4, -0.2) is 9.55 Å². The molecule has 3 nitrogen and oxygen atoms in total. The maximum absolute atomic E-state index is 5.92. The number of nitrogens with two attached hydrogens (primary N) is 1. The smallest absolute Gasteiger partial charge is 0.200 e. The Morgan fingerprint density at radius 2 is 1.94 bits per heavy atom. The summed E-state index contributed by atoms with van der Waals surface area (Å²) in [5.41, 5.74) is 8.07. The normalized spacial score (nSPS) is 10.8. The van der Waals surface area contributed by atoms with Gasteiger partial charge in [-0.3, -0.25) is 0 Å². The summed E-state index contributed by atoms with van der Waals surface area (Å²) in [6, 6.07) is 7.76. The Morgan fingerprint density at radius 3 is 2.61 bits per heavy atom. The molecular formula is C14H18ClN3. The van der Waals surface area contributed by atoms with E-state index in [-0.39, 0.29) is 0 Å². The van der Waals surface area contributed by atoms with Gasteiger partial charge in [-0.05, 0) is 24.1 Å². The van der Waals surface area contributed by atoms with Gasteiger partial charge in [-0.15, -0.1) is 0 Å². The molecule has 2 N–H and O–H groups in total. The summed E-state index contributed by atoms with van der Waals surface area (Å²) < 4.78 is 2.07. The number of halogens is 1. The van der Waals surface area contributed by atoms with Crippen molar-refractivity contribution in [1.29, 1.82) is 0 Å². The zero-order valence-corrected chi connectivity index (χ0v) is 11.3. The van der Waals surface area contributed by atoms with Gasteiger partial charge >= 0.3 is 0 Å². The summed E-state index contributed by atoms with van der Waals surface area (Å²) in [6.45, 7) is 3.11. The van der Waals surface area contributed by atoms with Gasteiger partial charge in [-0.2, -0.15) is 0 Å². The van der Waals surface area contributed by atoms with Gasteiger partial charge in [0.15, 0.2) is 0 Å². The van der Waals surface area contributed by atoms with Crippen LogP contribution in [0.4, 0.5) is 5.95 Å². The fourth-order valence-electron chi connectivity index (χ4n) is 2.00. The number of unbranched alkanes of at least 4 members (excludes halogenated alkanes) is 2. The highest BCUT2D eigenvalue weighted by atomic mass is 35.5. The molecule has 2 aromatic rings. The summed E-state index contributed by atoms with van der Waals surface area (Å²) in [7, 11) is 0. The van der Waals surface area contributed by atoms with E-state index in [9.17, 15) is 0 Å². The number of hydrogen-bond acceptors (Lipinski definition) is 2. The van der Waals surface area contributed by atoms with Crippen LogP contribution in [0.1, 0.15) is 26.2 Å². The zero-order valence-electron chi connectivity index (χ0n) is 10.6. The van der Waals surface area contributed by atoms with Crippen LogP contribution in [0.5, 0.6) is 0 Å². The molecule has 1 aromatic heterocycles. The fourth-order valence-corrected chi connectivity index (χ4v) is 2.12. The Balaban J connectivity index is 2.24. The number of imidazole rings is 1. The molecule has 0 unspecified atom stereocenters. The molecule has 0 amide bonds. The first-order valence-corrected chi connectivity index (χ1v) is 6.67. The summed E-state index contributed by atoms with van der Waals surface area (Å²) in [5, 5.41) is 0.740. The van der Waals surface area contributed by atoms with E-state index in [1.807, 2.05) is 30.5 Å². The molecule has 96 valence electrons. The number of nitrogens with zero attached hydrogens (tertiary/aromatic N) is 2. The largest absolute Gasteiger partial charge is 0.369 e. The fraction of sp³-hybridized carbons (Fsp3) is 0.357. The van der Waals surface area contributed by atoms with Gasteiger partial charge in [-0.1, -0.05) is 43.5 Å². The van der Waals surface area contributed by atoms with Crippen molar-refractivity contribution in [1.82, 2.24) is 9.55 Å². The van der Waals surface area contributed by atoms with E-state index in [4.69, 9.17) is 17.3 Å². The number of anilines is 1. The van der Waals surface area contributed by atoms with Gasteiger partial charge in [0.1, 0.15) is 0 Å². The second-order valence-corrected chi connectivity index (χ2v) is 4.80. The Kier molecular flexibility index (Phi) is 4.26. The van der Waals surface area contributed by atoms with E-state index in [2.05, 4.69) is 16.5 Å². The van der Waals surface area contributed by atoms with E-state index in [1.165, 1.54) is 12.8 Å². The third kappa shape index (κ3) is 2.85. The van der Waals surface area contributed by atoms with Crippen LogP contribution in [0.25, 0.3) is 11.3 Å². The lowest BCUT2D eigenvalue weighted by Crippen LogP contribution is -2.05. The third-order valence-electron chi connectivity index (χ3n) is 3.01. The van der Waals surface area contributed by atoms with Gasteiger partial charge in [0.25, 0.3) is 0 Å². The highest BCUT2D eigenvalue weighted by Gasteiger charge is 2.08. The molecule has 0 atom stereocenters. The molecule has 4 heteroatoms. The second-order valence-electron chi connectivity index (χ2n) is 4.37. The Morgan fingerprint density at radius 1 is 1.22 bits per heavy atom. The first-order chi connectivity index (χ1) is 8.72. The Labute approximate surface area is 113 Å². The molecule has 0 aliphatic carbocycles. The van der Waals surface area contributed by atoms with Crippen molar-refractivity contribution in [3.8, 4) is 11.3 Å². The molecular weight excluding hydrogens is 246 g/mol. The lowest BCUT2D eigenvalue weighted by molar-refractivity contribution is 0.611. The molecule has 2 rings (SSSR count). The number of benzene rings is 1. The van der Waals surface area contributed by atoms with Crippen LogP contribution in [0, 0.1) is 0 Å². The monoisotopic (exact) mass is 263 g/mol. The number of rotatable bonds is 5. The number of aromatic nitrogens is 2. The first-order valence-electron chi connectivity index (χ1n) is 6.29. The van der Waals surface area contributed by atoms with Crippen molar-refractivity contribution < 1.29 is 0 Å². The standard InChI is InChI=1S/C14H18ClN3/c1-2-3-4-9-18-13(10-17-14(18)16)11-5-7-12(15)8-6-11/h5-8,10H,2-4,9H2,1H3,(H2,16,17). The van der Waals surface area contributed by atoms with E-state index in [0.29, 0.717) is 5.95 Å². The van der Waals surface area contributed by atoms with Crippen molar-refractivity contribution in [3.63, 3.8) is 0 Å². The van der Waals surface area contributed by atoms with Crippen LogP contribution in [-0.2, 0) is 6.54 Å². The summed E-state index contributed by atoms with van der Waals surface area (Å²) in [5.74, 6) is 0.580. The number of nitrogen functional groups attached to an aromatic ring is 1. The SMILES string of the molecule is CCCCCn1c(-c2ccc(Cl)cc2)cnc1N. The van der Waals surface area contributed by atoms with Gasteiger partial charge < -0.3 is 10.3 Å². The molecule has 1 heterocycles. The molecule has 0 fully saturated rings. The highest BCUT2D eigenvalue weighted by molar-refractivity contribution is 6.30. The quantitative estimate of drug-likeness (QED) is 0.830. The third-order valence-corrected chi connectivity index (χ3v) is 3.26. The lowest BCUT2D eigenvalue weighted by Gasteiger charge is -2.09. The maximum Gasteiger partial charge on any atom is 0.200 e. The zero-order chi connectivity index (χ0) is 13.0. The molecule has 0 spiro atoms. The van der Waals surface area contributed by atoms with Gasteiger partial charge in [-0.25, -0.2) is 4.98 Å². The van der Waals surface area contributed by atoms with Crippen LogP contribution in [0.15, 0.2) is 30.5 Å². The lowest BCUT2D eigenvalue weighted by atomic mass is 10.1. The van der Waals surface area contributed by atoms with Crippen molar-refractivity contribution in [3.05, 3.63) is 35.5 Å². The van der Waals surface area contributed by atoms with Crippen molar-refractivity contribution in [2.24, 2.45) is 0 Å². The van der Waals surface area contributed by atoms with Crippen LogP contribution in [0.2, 0.25) is 5.02 Å². The Hall–Kier alpha value is -1.48. The topological polar surface area (TPSA) is 43.8 Å². The molecule has 0 aliphatic rings. The minimum atomic E-state index is 0.580. The van der Waals surface area contributed by atoms with Crippen molar-refractivity contribution >= 4 is 17.5 Å². The number of hydrogen-bond donors (Lipinski definition) is 1. The van der Waals surface area contributed by atoms with Crippen molar-refractivity contribution in [2.75, 3.05) is 5.73 Å². The molecule has 0 aliphatic heterocycles. The minimum absolute atomic E-state index is 0.580. The second kappa shape index (κ2) is 5.91. The molecule has 0 radical (unpaired) electrons. The summed E-state index contributed by atoms with van der Waals surface area (Å²) in [6.07, 6.45) is 5.35. The van der Waals surface area contributed by atoms with E-state index < -0.39 is 0 Å². The van der Waals surface area contributed by atoms with Crippen LogP contribution >= 0.6 is 11.6 Å². The van der Waals surface area contributed by atoms with Crippen LogP contribution in [0.3, 0.4) is 0 Å². The molecule has 0 saturated carbocycles. The molecule has 1 aromatic carbocycles. The van der Waals surface area contributed by atoms with Gasteiger partial charge in [0.2, 0.25) is 5.95 Å². The first kappa shape index (κ1) is 13.0. The summed E-state index contributed by atoms with van der Waals surface area (Å²) in [4.78, 5) is 4.20. The average molecular weight is 264 g/mol. The predicted molar refractivity (Wildman–Crippen MR) is 76.6 cm³/mol. The van der Waals surface area contributed by atoms with E-state index in [1.54, 1.807) is 0 Å². The van der Waals surface area contributed by atoms with Crippen LogP contribution < -0.4 is 5.73 Å². The van der Waals surface area contributed by atoms with Crippen molar-refractivity contribution in [2.45, 2.75) is 32.7 Å². The molecule has 0 bridgehead atoms. The van der Waals surface area contributed by atoms with Gasteiger partial charge in [0.05, 0.1) is 11.9 Å². The van der Waals surface area contributed by atoms with E-state index >= 15 is 0 Å². The summed E-state index contributed by atoms with van der Waals surface area (Å²) >= 11 is 5.90. The van der Waals surface area contributed by atoms with Gasteiger partial charge in [0, 0.05) is 11.6 Å². The average Bonchev–Trinajstić information content (AvgIpc) is 2.73. The molecule has 0 saturated heterocycles. The molecule has 18 heavy (non-hydrogen) atoms. The van der Waals surface area contributed by atoms with E-state index in [0.717, 1.165) is 29.2 Å². The minimum Gasteiger partial charge on any atom is -0.369 e. The predicted octanol–water partition coefficient (Wildman–Crippen LogP) is 3.98. The maximum atomic E-state index is 5.92.